The maximum atomic E-state index is 10.3. The molecule has 8 heteroatoms. The third-order valence-electron chi connectivity index (χ3n) is 3.87. The zero-order chi connectivity index (χ0) is 18.3. The summed E-state index contributed by atoms with van der Waals surface area (Å²) in [6.45, 7) is 0. The van der Waals surface area contributed by atoms with Gasteiger partial charge in [0.2, 0.25) is 0 Å². The van der Waals surface area contributed by atoms with Gasteiger partial charge in [0.05, 0.1) is 25.3 Å². The molecule has 4 aromatic rings. The van der Waals surface area contributed by atoms with Crippen LogP contribution >= 0.6 is 22.7 Å². The third-order valence-corrected chi connectivity index (χ3v) is 5.97. The lowest BCUT2D eigenvalue weighted by atomic mass is 10.2. The summed E-state index contributed by atoms with van der Waals surface area (Å²) in [6.07, 6.45) is 0. The summed E-state index contributed by atoms with van der Waals surface area (Å²) in [5.74, 6) is 0.913. The van der Waals surface area contributed by atoms with Crippen LogP contribution in [0.3, 0.4) is 0 Å². The fourth-order valence-corrected chi connectivity index (χ4v) is 4.69. The number of para-hydroxylation sites is 2. The van der Waals surface area contributed by atoms with Crippen LogP contribution in [0.15, 0.2) is 36.4 Å². The molecule has 0 aliphatic carbocycles. The number of thiazole rings is 2. The molecule has 0 spiro atoms. The van der Waals surface area contributed by atoms with Crippen LogP contribution in [0.25, 0.3) is 30.8 Å². The number of benzene rings is 2. The molecule has 2 aromatic heterocycles. The molecule has 0 radical (unpaired) electrons. The number of rotatable bonds is 4. The molecule has 0 bridgehead atoms. The van der Waals surface area contributed by atoms with Crippen LogP contribution in [0.4, 0.5) is 0 Å². The maximum Gasteiger partial charge on any atom is 0.168 e. The highest BCUT2D eigenvalue weighted by Gasteiger charge is 2.19. The Morgan fingerprint density at radius 3 is 1.54 bits per heavy atom. The molecule has 2 aromatic carbocycles. The zero-order valence-electron chi connectivity index (χ0n) is 13.9. The Morgan fingerprint density at radius 1 is 0.731 bits per heavy atom. The third kappa shape index (κ3) is 2.63. The highest BCUT2D eigenvalue weighted by molar-refractivity contribution is 7.29. The van der Waals surface area contributed by atoms with Crippen molar-refractivity contribution in [1.82, 2.24) is 9.97 Å². The van der Waals surface area contributed by atoms with Gasteiger partial charge in [-0.1, -0.05) is 34.8 Å². The standard InChI is InChI=1S/C18H14N2O4S2/c1-23-11-7-3-5-9(13(11)21)15-19-17-18(25-15)20-16(26-17)10-6-4-8-12(24-2)14(10)22/h3-8,21-22H,1-2H3. The van der Waals surface area contributed by atoms with Gasteiger partial charge < -0.3 is 19.7 Å². The summed E-state index contributed by atoms with van der Waals surface area (Å²) in [5.41, 5.74) is 1.20. The van der Waals surface area contributed by atoms with E-state index in [4.69, 9.17) is 9.47 Å². The lowest BCUT2D eigenvalue weighted by molar-refractivity contribution is 0.374. The summed E-state index contributed by atoms with van der Waals surface area (Å²) in [7, 11) is 3.02. The molecular formula is C18H14N2O4S2. The molecular weight excluding hydrogens is 372 g/mol. The van der Waals surface area contributed by atoms with Gasteiger partial charge >= 0.3 is 0 Å². The van der Waals surface area contributed by atoms with E-state index in [1.54, 1.807) is 36.4 Å². The molecule has 2 heterocycles. The van der Waals surface area contributed by atoms with Crippen molar-refractivity contribution in [3.8, 4) is 44.1 Å². The van der Waals surface area contributed by atoms with Crippen molar-refractivity contribution in [2.24, 2.45) is 0 Å². The second-order valence-electron chi connectivity index (χ2n) is 5.36. The first-order chi connectivity index (χ1) is 12.6. The van der Waals surface area contributed by atoms with Crippen LogP contribution in [0.5, 0.6) is 23.0 Å². The topological polar surface area (TPSA) is 84.7 Å². The summed E-state index contributed by atoms with van der Waals surface area (Å²) in [6, 6.07) is 10.6. The fraction of sp³-hybridized carbons (Fsp3) is 0.111. The minimum absolute atomic E-state index is 0.0575. The molecule has 132 valence electrons. The summed E-state index contributed by atoms with van der Waals surface area (Å²) < 4.78 is 10.3. The van der Waals surface area contributed by atoms with Crippen molar-refractivity contribution >= 4 is 32.3 Å². The van der Waals surface area contributed by atoms with E-state index in [2.05, 4.69) is 9.97 Å². The number of phenols is 2. The second kappa shape index (κ2) is 6.47. The van der Waals surface area contributed by atoms with Crippen molar-refractivity contribution in [2.45, 2.75) is 0 Å². The van der Waals surface area contributed by atoms with Crippen LogP contribution in [-0.2, 0) is 0 Å². The van der Waals surface area contributed by atoms with E-state index in [0.29, 0.717) is 32.6 Å². The van der Waals surface area contributed by atoms with Gasteiger partial charge in [-0.3, -0.25) is 0 Å². The van der Waals surface area contributed by atoms with Gasteiger partial charge in [-0.15, -0.1) is 0 Å². The van der Waals surface area contributed by atoms with E-state index >= 15 is 0 Å². The number of ether oxygens (including phenoxy) is 2. The zero-order valence-corrected chi connectivity index (χ0v) is 15.5. The number of aromatic nitrogens is 2. The van der Waals surface area contributed by atoms with Crippen LogP contribution in [0, 0.1) is 0 Å². The lowest BCUT2D eigenvalue weighted by Gasteiger charge is -2.06. The average Bonchev–Trinajstić information content (AvgIpc) is 3.21. The summed E-state index contributed by atoms with van der Waals surface area (Å²) in [5, 5.41) is 21.9. The molecule has 0 aliphatic rings. The van der Waals surface area contributed by atoms with Gasteiger partial charge in [0.25, 0.3) is 0 Å². The largest absolute Gasteiger partial charge is 0.504 e. The highest BCUT2D eigenvalue weighted by atomic mass is 32.1. The molecule has 26 heavy (non-hydrogen) atoms. The molecule has 0 atom stereocenters. The van der Waals surface area contributed by atoms with Gasteiger partial charge in [0.1, 0.15) is 10.0 Å². The average molecular weight is 386 g/mol. The minimum Gasteiger partial charge on any atom is -0.504 e. The van der Waals surface area contributed by atoms with Crippen molar-refractivity contribution in [2.75, 3.05) is 14.2 Å². The summed E-state index contributed by atoms with van der Waals surface area (Å²) in [4.78, 5) is 10.6. The molecule has 0 aliphatic heterocycles. The minimum atomic E-state index is 0.0575. The molecule has 0 amide bonds. The lowest BCUT2D eigenvalue weighted by Crippen LogP contribution is -1.86. The second-order valence-corrected chi connectivity index (χ2v) is 7.32. The molecule has 6 nitrogen and oxygen atoms in total. The monoisotopic (exact) mass is 386 g/mol. The predicted octanol–water partition coefficient (Wildman–Crippen LogP) is 4.52. The van der Waals surface area contributed by atoms with E-state index in [0.717, 1.165) is 9.66 Å². The number of nitrogens with zero attached hydrogens (tertiary/aromatic N) is 2. The molecule has 0 unspecified atom stereocenters. The fourth-order valence-electron chi connectivity index (χ4n) is 2.59. The maximum absolute atomic E-state index is 10.3. The van der Waals surface area contributed by atoms with Crippen molar-refractivity contribution in [1.29, 1.82) is 0 Å². The molecule has 4 rings (SSSR count). The number of methoxy groups -OCH3 is 2. The molecule has 0 fully saturated rings. The van der Waals surface area contributed by atoms with Crippen molar-refractivity contribution in [3.05, 3.63) is 36.4 Å². The van der Waals surface area contributed by atoms with E-state index in [1.165, 1.54) is 36.9 Å². The molecule has 0 saturated carbocycles. The first-order valence-corrected chi connectivity index (χ1v) is 9.25. The number of fused-ring (bicyclic) bond motifs is 1. The molecule has 0 saturated heterocycles. The number of hydrogen-bond donors (Lipinski definition) is 2. The quantitative estimate of drug-likeness (QED) is 0.537. The highest BCUT2D eigenvalue weighted by Crippen LogP contribution is 2.44. The van der Waals surface area contributed by atoms with Crippen molar-refractivity contribution < 1.29 is 19.7 Å². The Hall–Kier alpha value is -2.84. The Bertz CT molecular complexity index is 989. The van der Waals surface area contributed by atoms with Gasteiger partial charge in [0.15, 0.2) is 32.7 Å². The van der Waals surface area contributed by atoms with Gasteiger partial charge in [-0.05, 0) is 24.3 Å². The predicted molar refractivity (Wildman–Crippen MR) is 103 cm³/mol. The van der Waals surface area contributed by atoms with Gasteiger partial charge in [0, 0.05) is 0 Å². The Labute approximate surface area is 156 Å². The van der Waals surface area contributed by atoms with Crippen LogP contribution in [-0.4, -0.2) is 34.4 Å². The van der Waals surface area contributed by atoms with E-state index in [9.17, 15) is 10.2 Å². The summed E-state index contributed by atoms with van der Waals surface area (Å²) >= 11 is 2.75. The van der Waals surface area contributed by atoms with E-state index in [-0.39, 0.29) is 11.5 Å². The van der Waals surface area contributed by atoms with Gasteiger partial charge in [-0.2, -0.15) is 0 Å². The van der Waals surface area contributed by atoms with Crippen LogP contribution in [0.2, 0.25) is 0 Å². The first-order valence-electron chi connectivity index (χ1n) is 7.62. The normalized spacial score (nSPS) is 11.0. The molecule has 2 N–H and O–H groups in total. The van der Waals surface area contributed by atoms with Crippen molar-refractivity contribution in [3.63, 3.8) is 0 Å². The smallest absolute Gasteiger partial charge is 0.168 e. The van der Waals surface area contributed by atoms with Gasteiger partial charge in [-0.25, -0.2) is 9.97 Å². The number of phenolic OH excluding ortho intramolecular Hbond substituents is 2. The van der Waals surface area contributed by atoms with Crippen LogP contribution < -0.4 is 9.47 Å². The number of hydrogen-bond acceptors (Lipinski definition) is 8. The Balaban J connectivity index is 1.78. The van der Waals surface area contributed by atoms with E-state index in [1.807, 2.05) is 0 Å². The number of aromatic hydroxyl groups is 2. The van der Waals surface area contributed by atoms with E-state index < -0.39 is 0 Å². The Morgan fingerprint density at radius 2 is 1.15 bits per heavy atom. The first kappa shape index (κ1) is 16.6. The SMILES string of the molecule is COc1cccc(-c2nc3sc(-c4cccc(OC)c4O)nc3s2)c1O. The Kier molecular flexibility index (Phi) is 4.14. The van der Waals surface area contributed by atoms with Crippen LogP contribution in [0.1, 0.15) is 0 Å².